The van der Waals surface area contributed by atoms with E-state index >= 15 is 0 Å². The van der Waals surface area contributed by atoms with Crippen LogP contribution in [-0.4, -0.2) is 11.9 Å². The molecule has 0 aromatic carbocycles. The number of aryl methyl sites for hydroxylation is 1. The molecule has 0 aliphatic carbocycles. The van der Waals surface area contributed by atoms with Crippen molar-refractivity contribution in [2.75, 3.05) is 0 Å². The number of carbonyl (C=O) groups excluding carboxylic acids is 2. The second-order valence-corrected chi connectivity index (χ2v) is 2.55. The highest BCUT2D eigenvalue weighted by atomic mass is 16.6. The first-order valence-corrected chi connectivity index (χ1v) is 3.93. The molecular formula is C9H10O4. The van der Waals surface area contributed by atoms with Crippen molar-refractivity contribution < 1.29 is 18.7 Å². The van der Waals surface area contributed by atoms with Gasteiger partial charge in [-0.25, -0.2) is 4.79 Å². The molecule has 4 nitrogen and oxygen atoms in total. The molecule has 0 unspecified atom stereocenters. The molecule has 0 N–H and O–H groups in total. The summed E-state index contributed by atoms with van der Waals surface area (Å²) in [5, 5.41) is 0. The zero-order valence-corrected chi connectivity index (χ0v) is 7.49. The summed E-state index contributed by atoms with van der Waals surface area (Å²) in [5.74, 6) is -1.32. The van der Waals surface area contributed by atoms with E-state index in [0.29, 0.717) is 0 Å². The third-order valence-electron chi connectivity index (χ3n) is 1.50. The molecule has 0 fully saturated rings. The molecule has 0 bridgehead atoms. The highest BCUT2D eigenvalue weighted by Gasteiger charge is 2.13. The van der Waals surface area contributed by atoms with Crippen molar-refractivity contribution in [1.29, 1.82) is 0 Å². The predicted molar refractivity (Wildman–Crippen MR) is 44.2 cm³/mol. The Bertz CT molecular complexity index is 324. The summed E-state index contributed by atoms with van der Waals surface area (Å²) >= 11 is 0. The Balaban J connectivity index is 2.71. The predicted octanol–water partition coefficient (Wildman–Crippen LogP) is 1.55. The van der Waals surface area contributed by atoms with Crippen LogP contribution < -0.4 is 0 Å². The SMILES string of the molecule is CCc1coc(C(=O)OC(C)=O)c1. The van der Waals surface area contributed by atoms with E-state index in [1.165, 1.54) is 13.2 Å². The van der Waals surface area contributed by atoms with Gasteiger partial charge in [0.15, 0.2) is 0 Å². The van der Waals surface area contributed by atoms with Crippen LogP contribution >= 0.6 is 0 Å². The molecule has 0 amide bonds. The van der Waals surface area contributed by atoms with Crippen LogP contribution in [0.25, 0.3) is 0 Å². The summed E-state index contributed by atoms with van der Waals surface area (Å²) in [6.45, 7) is 3.10. The number of hydrogen-bond donors (Lipinski definition) is 0. The lowest BCUT2D eigenvalue weighted by Crippen LogP contribution is -2.08. The summed E-state index contributed by atoms with van der Waals surface area (Å²) in [6, 6.07) is 1.56. The summed E-state index contributed by atoms with van der Waals surface area (Å²) in [7, 11) is 0. The Morgan fingerprint density at radius 3 is 2.69 bits per heavy atom. The van der Waals surface area contributed by atoms with Gasteiger partial charge in [-0.2, -0.15) is 0 Å². The number of furan rings is 1. The van der Waals surface area contributed by atoms with Crippen molar-refractivity contribution in [3.05, 3.63) is 23.7 Å². The van der Waals surface area contributed by atoms with Crippen LogP contribution in [-0.2, 0) is 16.0 Å². The lowest BCUT2D eigenvalue weighted by Gasteiger charge is -1.93. The van der Waals surface area contributed by atoms with E-state index in [4.69, 9.17) is 4.42 Å². The average molecular weight is 182 g/mol. The molecule has 1 aromatic rings. The first kappa shape index (κ1) is 9.51. The maximum atomic E-state index is 11.0. The van der Waals surface area contributed by atoms with Crippen LogP contribution in [0.5, 0.6) is 0 Å². The van der Waals surface area contributed by atoms with Gasteiger partial charge in [0.2, 0.25) is 5.76 Å². The van der Waals surface area contributed by atoms with Gasteiger partial charge in [-0.15, -0.1) is 0 Å². The van der Waals surface area contributed by atoms with Crippen molar-refractivity contribution in [3.8, 4) is 0 Å². The lowest BCUT2D eigenvalue weighted by atomic mass is 10.2. The van der Waals surface area contributed by atoms with E-state index < -0.39 is 11.9 Å². The molecule has 0 saturated carbocycles. The molecule has 1 aromatic heterocycles. The lowest BCUT2D eigenvalue weighted by molar-refractivity contribution is -0.135. The molecule has 0 saturated heterocycles. The first-order chi connectivity index (χ1) is 6.13. The van der Waals surface area contributed by atoms with Crippen molar-refractivity contribution in [2.24, 2.45) is 0 Å². The van der Waals surface area contributed by atoms with Crippen molar-refractivity contribution in [2.45, 2.75) is 20.3 Å². The van der Waals surface area contributed by atoms with Crippen LogP contribution in [0.2, 0.25) is 0 Å². The van der Waals surface area contributed by atoms with Gasteiger partial charge >= 0.3 is 11.9 Å². The summed E-state index contributed by atoms with van der Waals surface area (Å²) < 4.78 is 9.21. The molecule has 1 heterocycles. The van der Waals surface area contributed by atoms with Gasteiger partial charge in [-0.3, -0.25) is 4.79 Å². The molecule has 70 valence electrons. The van der Waals surface area contributed by atoms with Crippen LogP contribution in [0.3, 0.4) is 0 Å². The molecule has 0 aliphatic rings. The highest BCUT2D eigenvalue weighted by Crippen LogP contribution is 2.09. The molecule has 0 aliphatic heterocycles. The molecule has 4 heteroatoms. The third-order valence-corrected chi connectivity index (χ3v) is 1.50. The number of ether oxygens (including phenoxy) is 1. The highest BCUT2D eigenvalue weighted by molar-refractivity contribution is 5.94. The van der Waals surface area contributed by atoms with Crippen molar-refractivity contribution in [1.82, 2.24) is 0 Å². The zero-order chi connectivity index (χ0) is 9.84. The van der Waals surface area contributed by atoms with Crippen molar-refractivity contribution in [3.63, 3.8) is 0 Å². The number of carbonyl (C=O) groups is 2. The maximum absolute atomic E-state index is 11.0. The zero-order valence-electron chi connectivity index (χ0n) is 7.49. The van der Waals surface area contributed by atoms with Crippen LogP contribution in [0.15, 0.2) is 16.7 Å². The first-order valence-electron chi connectivity index (χ1n) is 3.93. The average Bonchev–Trinajstić information content (AvgIpc) is 2.50. The maximum Gasteiger partial charge on any atom is 0.381 e. The quantitative estimate of drug-likeness (QED) is 0.514. The minimum absolute atomic E-state index is 0.0621. The summed E-state index contributed by atoms with van der Waals surface area (Å²) in [6.07, 6.45) is 2.24. The largest absolute Gasteiger partial charge is 0.457 e. The fourth-order valence-corrected chi connectivity index (χ4v) is 0.849. The number of hydrogen-bond acceptors (Lipinski definition) is 4. The summed E-state index contributed by atoms with van der Waals surface area (Å²) in [4.78, 5) is 21.5. The molecular weight excluding hydrogens is 172 g/mol. The van der Waals surface area contributed by atoms with E-state index in [9.17, 15) is 9.59 Å². The topological polar surface area (TPSA) is 56.5 Å². The Hall–Kier alpha value is -1.58. The fourth-order valence-electron chi connectivity index (χ4n) is 0.849. The Labute approximate surface area is 75.5 Å². The second-order valence-electron chi connectivity index (χ2n) is 2.55. The Morgan fingerprint density at radius 2 is 2.23 bits per heavy atom. The summed E-state index contributed by atoms with van der Waals surface area (Å²) in [5.41, 5.74) is 0.899. The van der Waals surface area contributed by atoms with Gasteiger partial charge in [-0.05, 0) is 18.1 Å². The Kier molecular flexibility index (Phi) is 2.84. The van der Waals surface area contributed by atoms with E-state index in [1.54, 1.807) is 6.07 Å². The minimum Gasteiger partial charge on any atom is -0.457 e. The van der Waals surface area contributed by atoms with Gasteiger partial charge in [-0.1, -0.05) is 6.92 Å². The fraction of sp³-hybridized carbons (Fsp3) is 0.333. The van der Waals surface area contributed by atoms with Gasteiger partial charge in [0, 0.05) is 6.92 Å². The molecule has 13 heavy (non-hydrogen) atoms. The van der Waals surface area contributed by atoms with Gasteiger partial charge < -0.3 is 9.15 Å². The smallest absolute Gasteiger partial charge is 0.381 e. The standard InChI is InChI=1S/C9H10O4/c1-3-7-4-8(12-5-7)9(11)13-6(2)10/h4-5H,3H2,1-2H3. The second kappa shape index (κ2) is 3.89. The van der Waals surface area contributed by atoms with E-state index in [1.807, 2.05) is 6.92 Å². The number of rotatable bonds is 2. The molecule has 0 radical (unpaired) electrons. The monoisotopic (exact) mass is 182 g/mol. The number of esters is 2. The van der Waals surface area contributed by atoms with Crippen LogP contribution in [0.1, 0.15) is 30.0 Å². The molecule has 0 spiro atoms. The van der Waals surface area contributed by atoms with E-state index in [2.05, 4.69) is 4.74 Å². The van der Waals surface area contributed by atoms with Gasteiger partial charge in [0.05, 0.1) is 6.26 Å². The van der Waals surface area contributed by atoms with Crippen LogP contribution in [0.4, 0.5) is 0 Å². The molecule has 0 atom stereocenters. The molecule has 1 rings (SSSR count). The third kappa shape index (κ3) is 2.43. The van der Waals surface area contributed by atoms with E-state index in [-0.39, 0.29) is 5.76 Å². The van der Waals surface area contributed by atoms with Crippen molar-refractivity contribution >= 4 is 11.9 Å². The normalized spacial score (nSPS) is 9.69. The Morgan fingerprint density at radius 1 is 1.54 bits per heavy atom. The van der Waals surface area contributed by atoms with Crippen LogP contribution in [0, 0.1) is 0 Å². The van der Waals surface area contributed by atoms with E-state index in [0.717, 1.165) is 12.0 Å². The minimum atomic E-state index is -0.743. The van der Waals surface area contributed by atoms with Gasteiger partial charge in [0.25, 0.3) is 0 Å². The van der Waals surface area contributed by atoms with Gasteiger partial charge in [0.1, 0.15) is 0 Å².